The van der Waals surface area contributed by atoms with Crippen molar-refractivity contribution < 1.29 is 13.5 Å². The first-order valence-electron chi connectivity index (χ1n) is 6.13. The fourth-order valence-electron chi connectivity index (χ4n) is 1.72. The van der Waals surface area contributed by atoms with E-state index >= 15 is 0 Å². The standard InChI is InChI=1S/C14H15F2N3O/c1-8(2)18-14-12(20-3)7-17-13(19-14)9-4-10(15)6-11(16)5-9/h4-8H,1-3H3,(H,17,18,19). The molecule has 106 valence electrons. The summed E-state index contributed by atoms with van der Waals surface area (Å²) in [5.41, 5.74) is 0.275. The minimum atomic E-state index is -0.669. The van der Waals surface area contributed by atoms with Gasteiger partial charge < -0.3 is 10.1 Å². The van der Waals surface area contributed by atoms with E-state index in [1.165, 1.54) is 25.4 Å². The number of nitrogens with one attached hydrogen (secondary N) is 1. The maximum absolute atomic E-state index is 13.2. The van der Waals surface area contributed by atoms with Crippen LogP contribution in [-0.4, -0.2) is 23.1 Å². The van der Waals surface area contributed by atoms with Crippen LogP contribution >= 0.6 is 0 Å². The van der Waals surface area contributed by atoms with Crippen molar-refractivity contribution in [3.05, 3.63) is 36.0 Å². The molecular weight excluding hydrogens is 264 g/mol. The van der Waals surface area contributed by atoms with Crippen molar-refractivity contribution in [3.63, 3.8) is 0 Å². The molecule has 0 aliphatic heterocycles. The quantitative estimate of drug-likeness (QED) is 0.933. The van der Waals surface area contributed by atoms with E-state index in [-0.39, 0.29) is 17.4 Å². The number of anilines is 1. The maximum atomic E-state index is 13.2. The van der Waals surface area contributed by atoms with Crippen molar-refractivity contribution in [2.75, 3.05) is 12.4 Å². The highest BCUT2D eigenvalue weighted by Crippen LogP contribution is 2.26. The van der Waals surface area contributed by atoms with E-state index in [1.807, 2.05) is 13.8 Å². The van der Waals surface area contributed by atoms with Crippen molar-refractivity contribution in [2.24, 2.45) is 0 Å². The molecular formula is C14H15F2N3O. The zero-order valence-corrected chi connectivity index (χ0v) is 11.4. The van der Waals surface area contributed by atoms with Gasteiger partial charge in [0, 0.05) is 17.7 Å². The Labute approximate surface area is 115 Å². The van der Waals surface area contributed by atoms with Gasteiger partial charge in [-0.25, -0.2) is 18.7 Å². The minimum Gasteiger partial charge on any atom is -0.491 e. The third-order valence-corrected chi connectivity index (χ3v) is 2.52. The molecule has 1 aromatic carbocycles. The Morgan fingerprint density at radius 1 is 1.15 bits per heavy atom. The van der Waals surface area contributed by atoms with Crippen molar-refractivity contribution in [1.29, 1.82) is 0 Å². The average molecular weight is 279 g/mol. The molecule has 2 rings (SSSR count). The molecule has 0 aliphatic rings. The second-order valence-electron chi connectivity index (χ2n) is 4.57. The number of methoxy groups -OCH3 is 1. The fraction of sp³-hybridized carbons (Fsp3) is 0.286. The highest BCUT2D eigenvalue weighted by molar-refractivity contribution is 5.60. The lowest BCUT2D eigenvalue weighted by atomic mass is 10.2. The molecule has 0 bridgehead atoms. The van der Waals surface area contributed by atoms with Crippen LogP contribution in [-0.2, 0) is 0 Å². The molecule has 1 heterocycles. The molecule has 0 aliphatic carbocycles. The summed E-state index contributed by atoms with van der Waals surface area (Å²) < 4.78 is 31.6. The van der Waals surface area contributed by atoms with Gasteiger partial charge in [0.2, 0.25) is 0 Å². The van der Waals surface area contributed by atoms with Crippen molar-refractivity contribution in [1.82, 2.24) is 9.97 Å². The Hall–Kier alpha value is -2.24. The average Bonchev–Trinajstić information content (AvgIpc) is 2.36. The van der Waals surface area contributed by atoms with Crippen LogP contribution in [0.3, 0.4) is 0 Å². The third-order valence-electron chi connectivity index (χ3n) is 2.52. The van der Waals surface area contributed by atoms with Crippen LogP contribution in [0.2, 0.25) is 0 Å². The van der Waals surface area contributed by atoms with Crippen LogP contribution < -0.4 is 10.1 Å². The normalized spacial score (nSPS) is 10.7. The molecule has 20 heavy (non-hydrogen) atoms. The lowest BCUT2D eigenvalue weighted by Gasteiger charge is -2.13. The van der Waals surface area contributed by atoms with Gasteiger partial charge in [-0.3, -0.25) is 0 Å². The van der Waals surface area contributed by atoms with Gasteiger partial charge in [0.1, 0.15) is 11.6 Å². The predicted octanol–water partition coefficient (Wildman–Crippen LogP) is 3.25. The second kappa shape index (κ2) is 5.81. The molecule has 2 aromatic rings. The second-order valence-corrected chi connectivity index (χ2v) is 4.57. The highest BCUT2D eigenvalue weighted by Gasteiger charge is 2.11. The summed E-state index contributed by atoms with van der Waals surface area (Å²) in [6.07, 6.45) is 1.47. The van der Waals surface area contributed by atoms with Crippen LogP contribution in [0.1, 0.15) is 13.8 Å². The van der Waals surface area contributed by atoms with Gasteiger partial charge in [0.05, 0.1) is 13.3 Å². The molecule has 0 spiro atoms. The summed E-state index contributed by atoms with van der Waals surface area (Å²) in [4.78, 5) is 8.32. The van der Waals surface area contributed by atoms with E-state index < -0.39 is 11.6 Å². The molecule has 1 aromatic heterocycles. The number of nitrogens with zero attached hydrogens (tertiary/aromatic N) is 2. The van der Waals surface area contributed by atoms with Crippen molar-refractivity contribution in [2.45, 2.75) is 19.9 Å². The Balaban J connectivity index is 2.46. The fourth-order valence-corrected chi connectivity index (χ4v) is 1.72. The first-order valence-corrected chi connectivity index (χ1v) is 6.13. The van der Waals surface area contributed by atoms with E-state index in [0.29, 0.717) is 11.6 Å². The maximum Gasteiger partial charge on any atom is 0.179 e. The molecule has 4 nitrogen and oxygen atoms in total. The molecule has 0 unspecified atom stereocenters. The Bertz CT molecular complexity index is 597. The Morgan fingerprint density at radius 3 is 2.35 bits per heavy atom. The van der Waals surface area contributed by atoms with Gasteiger partial charge in [-0.2, -0.15) is 0 Å². The monoisotopic (exact) mass is 279 g/mol. The van der Waals surface area contributed by atoms with E-state index in [2.05, 4.69) is 15.3 Å². The van der Waals surface area contributed by atoms with Gasteiger partial charge in [-0.05, 0) is 26.0 Å². The first kappa shape index (κ1) is 14.2. The van der Waals surface area contributed by atoms with Crippen LogP contribution in [0.4, 0.5) is 14.6 Å². The van der Waals surface area contributed by atoms with Crippen LogP contribution in [0.15, 0.2) is 24.4 Å². The zero-order valence-electron chi connectivity index (χ0n) is 11.4. The molecule has 0 saturated heterocycles. The van der Waals surface area contributed by atoms with Gasteiger partial charge >= 0.3 is 0 Å². The number of hydrogen-bond acceptors (Lipinski definition) is 4. The number of hydrogen-bond donors (Lipinski definition) is 1. The summed E-state index contributed by atoms with van der Waals surface area (Å²) in [6, 6.07) is 3.31. The number of benzene rings is 1. The zero-order chi connectivity index (χ0) is 14.7. The van der Waals surface area contributed by atoms with Gasteiger partial charge in [0.15, 0.2) is 17.4 Å². The Morgan fingerprint density at radius 2 is 1.80 bits per heavy atom. The van der Waals surface area contributed by atoms with E-state index in [0.717, 1.165) is 6.07 Å². The van der Waals surface area contributed by atoms with Crippen molar-refractivity contribution in [3.8, 4) is 17.1 Å². The van der Waals surface area contributed by atoms with Gasteiger partial charge in [0.25, 0.3) is 0 Å². The number of aromatic nitrogens is 2. The molecule has 0 amide bonds. The van der Waals surface area contributed by atoms with Crippen LogP contribution in [0.25, 0.3) is 11.4 Å². The summed E-state index contributed by atoms with van der Waals surface area (Å²) in [7, 11) is 1.51. The molecule has 1 N–H and O–H groups in total. The Kier molecular flexibility index (Phi) is 4.12. The van der Waals surface area contributed by atoms with Gasteiger partial charge in [-0.1, -0.05) is 0 Å². The minimum absolute atomic E-state index is 0.135. The number of halogens is 2. The molecule has 0 atom stereocenters. The summed E-state index contributed by atoms with van der Waals surface area (Å²) in [6.45, 7) is 3.89. The number of ether oxygens (including phenoxy) is 1. The van der Waals surface area contributed by atoms with Crippen LogP contribution in [0, 0.1) is 11.6 Å². The SMILES string of the molecule is COc1cnc(-c2cc(F)cc(F)c2)nc1NC(C)C. The lowest BCUT2D eigenvalue weighted by molar-refractivity contribution is 0.412. The highest BCUT2D eigenvalue weighted by atomic mass is 19.1. The molecule has 0 radical (unpaired) electrons. The van der Waals surface area contributed by atoms with E-state index in [1.54, 1.807) is 0 Å². The largest absolute Gasteiger partial charge is 0.491 e. The van der Waals surface area contributed by atoms with E-state index in [9.17, 15) is 8.78 Å². The van der Waals surface area contributed by atoms with Crippen LogP contribution in [0.5, 0.6) is 5.75 Å². The summed E-state index contributed by atoms with van der Waals surface area (Å²) in [5, 5.41) is 3.10. The molecule has 0 fully saturated rings. The van der Waals surface area contributed by atoms with Gasteiger partial charge in [-0.15, -0.1) is 0 Å². The summed E-state index contributed by atoms with van der Waals surface area (Å²) >= 11 is 0. The smallest absolute Gasteiger partial charge is 0.179 e. The molecule has 6 heteroatoms. The first-order chi connectivity index (χ1) is 9.49. The van der Waals surface area contributed by atoms with Crippen molar-refractivity contribution >= 4 is 5.82 Å². The lowest BCUT2D eigenvalue weighted by Crippen LogP contribution is -2.13. The predicted molar refractivity (Wildman–Crippen MR) is 72.7 cm³/mol. The molecule has 0 saturated carbocycles. The van der Waals surface area contributed by atoms with E-state index in [4.69, 9.17) is 4.74 Å². The topological polar surface area (TPSA) is 47.0 Å². The number of rotatable bonds is 4. The summed E-state index contributed by atoms with van der Waals surface area (Å²) in [5.74, 6) is -0.153. The third kappa shape index (κ3) is 3.20.